The maximum atomic E-state index is 13.6. The summed E-state index contributed by atoms with van der Waals surface area (Å²) in [6.07, 6.45) is 0.493. The fourth-order valence-electron chi connectivity index (χ4n) is 2.68. The molecule has 3 rings (SSSR count). The molecule has 0 bridgehead atoms. The van der Waals surface area contributed by atoms with Crippen LogP contribution < -0.4 is 14.8 Å². The fourth-order valence-corrected chi connectivity index (χ4v) is 3.43. The summed E-state index contributed by atoms with van der Waals surface area (Å²) in [4.78, 5) is 12.1. The third-order valence-corrected chi connectivity index (χ3v) is 5.30. The van der Waals surface area contributed by atoms with E-state index in [0.717, 1.165) is 22.5 Å². The van der Waals surface area contributed by atoms with Crippen LogP contribution in [0.5, 0.6) is 11.5 Å². The van der Waals surface area contributed by atoms with Gasteiger partial charge in [0.25, 0.3) is 5.91 Å². The number of hydrogen-bond acceptors (Lipinski definition) is 6. The average molecular weight is 431 g/mol. The van der Waals surface area contributed by atoms with E-state index >= 15 is 0 Å². The molecule has 3 aromatic rings. The van der Waals surface area contributed by atoms with E-state index in [0.29, 0.717) is 25.3 Å². The van der Waals surface area contributed by atoms with Gasteiger partial charge in [-0.2, -0.15) is 0 Å². The number of methoxy groups -OCH3 is 1. The Hall–Kier alpha value is -3.07. The predicted octanol–water partition coefficient (Wildman–Crippen LogP) is 3.11. The van der Waals surface area contributed by atoms with Crippen LogP contribution in [0, 0.1) is 5.82 Å². The van der Waals surface area contributed by atoms with Gasteiger partial charge < -0.3 is 19.4 Å². The highest BCUT2D eigenvalue weighted by Gasteiger charge is 2.12. The molecule has 0 saturated heterocycles. The lowest BCUT2D eigenvalue weighted by molar-refractivity contribution is 0.0950. The smallest absolute Gasteiger partial charge is 0.254 e. The minimum atomic E-state index is -0.538. The number of halogens is 1. The predicted molar refractivity (Wildman–Crippen MR) is 113 cm³/mol. The number of rotatable bonds is 10. The van der Waals surface area contributed by atoms with E-state index in [-0.39, 0.29) is 5.56 Å². The van der Waals surface area contributed by atoms with Gasteiger partial charge in [0.1, 0.15) is 23.1 Å². The Bertz CT molecular complexity index is 979. The highest BCUT2D eigenvalue weighted by molar-refractivity contribution is 7.99. The summed E-state index contributed by atoms with van der Waals surface area (Å²) in [6.45, 7) is 0.863. The Kier molecular flexibility index (Phi) is 7.67. The first-order valence-corrected chi connectivity index (χ1v) is 10.4. The van der Waals surface area contributed by atoms with E-state index in [1.807, 2.05) is 35.9 Å². The molecular weight excluding hydrogens is 407 g/mol. The molecule has 0 saturated carbocycles. The Labute approximate surface area is 178 Å². The number of carbonyl (C=O) groups excluding carboxylic acids is 1. The van der Waals surface area contributed by atoms with Crippen molar-refractivity contribution in [1.82, 2.24) is 20.1 Å². The quantitative estimate of drug-likeness (QED) is 0.393. The van der Waals surface area contributed by atoms with Gasteiger partial charge in [0, 0.05) is 25.8 Å². The Morgan fingerprint density at radius 1 is 1.13 bits per heavy atom. The molecule has 0 unspecified atom stereocenters. The van der Waals surface area contributed by atoms with E-state index < -0.39 is 11.7 Å². The first-order valence-electron chi connectivity index (χ1n) is 9.39. The molecule has 9 heteroatoms. The molecule has 0 fully saturated rings. The van der Waals surface area contributed by atoms with Gasteiger partial charge in [-0.15, -0.1) is 10.2 Å². The second-order valence-corrected chi connectivity index (χ2v) is 7.38. The van der Waals surface area contributed by atoms with Crippen LogP contribution in [0.2, 0.25) is 0 Å². The number of nitrogens with one attached hydrogen (secondary N) is 1. The number of ether oxygens (including phenoxy) is 2. The van der Waals surface area contributed by atoms with Gasteiger partial charge in [-0.3, -0.25) is 4.79 Å². The largest absolute Gasteiger partial charge is 0.497 e. The zero-order chi connectivity index (χ0) is 21.3. The lowest BCUT2D eigenvalue weighted by atomic mass is 10.2. The summed E-state index contributed by atoms with van der Waals surface area (Å²) in [7, 11) is 3.50. The van der Waals surface area contributed by atoms with Crippen molar-refractivity contribution < 1.29 is 18.7 Å². The van der Waals surface area contributed by atoms with Crippen LogP contribution in [0.3, 0.4) is 0 Å². The Morgan fingerprint density at radius 3 is 2.60 bits per heavy atom. The molecule has 7 nitrogen and oxygen atoms in total. The Morgan fingerprint density at radius 2 is 1.87 bits per heavy atom. The number of amides is 1. The minimum Gasteiger partial charge on any atom is -0.497 e. The first kappa shape index (κ1) is 21.6. The monoisotopic (exact) mass is 430 g/mol. The second-order valence-electron chi connectivity index (χ2n) is 6.32. The summed E-state index contributed by atoms with van der Waals surface area (Å²) in [5, 5.41) is 11.8. The highest BCUT2D eigenvalue weighted by atomic mass is 32.2. The molecule has 30 heavy (non-hydrogen) atoms. The molecule has 0 aliphatic heterocycles. The van der Waals surface area contributed by atoms with Crippen molar-refractivity contribution in [2.75, 3.05) is 26.0 Å². The van der Waals surface area contributed by atoms with Crippen LogP contribution in [0.4, 0.5) is 4.39 Å². The van der Waals surface area contributed by atoms with Crippen molar-refractivity contribution in [3.63, 3.8) is 0 Å². The number of benzene rings is 2. The zero-order valence-corrected chi connectivity index (χ0v) is 17.6. The van der Waals surface area contributed by atoms with Gasteiger partial charge in [-0.05, 0) is 36.4 Å². The second kappa shape index (κ2) is 10.6. The molecule has 158 valence electrons. The van der Waals surface area contributed by atoms with Gasteiger partial charge in [0.05, 0.1) is 19.3 Å². The molecule has 1 N–H and O–H groups in total. The Balaban J connectivity index is 1.41. The topological polar surface area (TPSA) is 78.3 Å². The zero-order valence-electron chi connectivity index (χ0n) is 16.8. The molecule has 1 aromatic heterocycles. The number of carbonyl (C=O) groups is 1. The minimum absolute atomic E-state index is 0.0311. The summed E-state index contributed by atoms with van der Waals surface area (Å²) < 4.78 is 26.3. The van der Waals surface area contributed by atoms with Crippen LogP contribution in [0.1, 0.15) is 16.2 Å². The molecule has 0 radical (unpaired) electrons. The van der Waals surface area contributed by atoms with Crippen LogP contribution in [-0.4, -0.2) is 46.7 Å². The molecule has 1 heterocycles. The maximum Gasteiger partial charge on any atom is 0.254 e. The third-order valence-electron chi connectivity index (χ3n) is 4.32. The van der Waals surface area contributed by atoms with Crippen LogP contribution in [-0.2, 0) is 13.5 Å². The van der Waals surface area contributed by atoms with Gasteiger partial charge in [0.15, 0.2) is 5.16 Å². The summed E-state index contributed by atoms with van der Waals surface area (Å²) in [5.74, 6) is 2.03. The lowest BCUT2D eigenvalue weighted by Gasteiger charge is -2.08. The van der Waals surface area contributed by atoms with Crippen molar-refractivity contribution in [3.8, 4) is 11.5 Å². The van der Waals surface area contributed by atoms with Crippen molar-refractivity contribution in [3.05, 3.63) is 65.7 Å². The first-order chi connectivity index (χ1) is 14.6. The molecule has 0 aliphatic carbocycles. The average Bonchev–Trinajstić information content (AvgIpc) is 3.11. The van der Waals surface area contributed by atoms with E-state index in [9.17, 15) is 9.18 Å². The normalized spacial score (nSPS) is 10.6. The number of thioether (sulfide) groups is 1. The van der Waals surface area contributed by atoms with Crippen LogP contribution in [0.25, 0.3) is 0 Å². The fraction of sp³-hybridized carbons (Fsp3) is 0.286. The van der Waals surface area contributed by atoms with Crippen molar-refractivity contribution in [2.24, 2.45) is 7.05 Å². The molecule has 0 atom stereocenters. The highest BCUT2D eigenvalue weighted by Crippen LogP contribution is 2.19. The number of nitrogens with zero attached hydrogens (tertiary/aromatic N) is 3. The van der Waals surface area contributed by atoms with Gasteiger partial charge in [-0.1, -0.05) is 23.9 Å². The molecule has 0 aliphatic rings. The molecule has 2 aromatic carbocycles. The van der Waals surface area contributed by atoms with Gasteiger partial charge in [0.2, 0.25) is 0 Å². The SMILES string of the molecule is COc1ccc(OCCSc2nnc(CCNC(=O)c3ccccc3F)n2C)cc1. The van der Waals surface area contributed by atoms with Gasteiger partial charge >= 0.3 is 0 Å². The van der Waals surface area contributed by atoms with Crippen molar-refractivity contribution >= 4 is 17.7 Å². The van der Waals surface area contributed by atoms with Crippen LogP contribution in [0.15, 0.2) is 53.7 Å². The maximum absolute atomic E-state index is 13.6. The van der Waals surface area contributed by atoms with Crippen molar-refractivity contribution in [2.45, 2.75) is 11.6 Å². The number of aromatic nitrogens is 3. The standard InChI is InChI=1S/C21H23FN4O3S/c1-26-19(11-12-23-20(27)17-5-3-4-6-18(17)22)24-25-21(26)30-14-13-29-16-9-7-15(28-2)8-10-16/h3-10H,11-14H2,1-2H3,(H,23,27). The summed E-state index contributed by atoms with van der Waals surface area (Å²) in [6, 6.07) is 13.3. The van der Waals surface area contributed by atoms with Crippen LogP contribution >= 0.6 is 11.8 Å². The molecule has 1 amide bonds. The van der Waals surface area contributed by atoms with E-state index in [1.165, 1.54) is 23.9 Å². The summed E-state index contributed by atoms with van der Waals surface area (Å²) in [5.41, 5.74) is 0.0311. The number of hydrogen-bond donors (Lipinski definition) is 1. The molecule has 0 spiro atoms. The van der Waals surface area contributed by atoms with Crippen molar-refractivity contribution in [1.29, 1.82) is 0 Å². The lowest BCUT2D eigenvalue weighted by Crippen LogP contribution is -2.27. The van der Waals surface area contributed by atoms with E-state index in [2.05, 4.69) is 15.5 Å². The third kappa shape index (κ3) is 5.73. The molecular formula is C21H23FN4O3S. The van der Waals surface area contributed by atoms with Gasteiger partial charge in [-0.25, -0.2) is 4.39 Å². The van der Waals surface area contributed by atoms with E-state index in [4.69, 9.17) is 9.47 Å². The summed E-state index contributed by atoms with van der Waals surface area (Å²) >= 11 is 1.54. The van der Waals surface area contributed by atoms with E-state index in [1.54, 1.807) is 19.2 Å².